The van der Waals surface area contributed by atoms with Crippen LogP contribution < -0.4 is 5.32 Å². The van der Waals surface area contributed by atoms with E-state index in [1.54, 1.807) is 11.4 Å². The molecule has 1 rings (SSSR count). The first-order chi connectivity index (χ1) is 8.65. The number of rotatable bonds is 7. The molecule has 2 N–H and O–H groups in total. The number of unbranched alkanes of at least 4 members (excludes halogenated alkanes) is 2. The molecular weight excluding hydrogens is 250 g/mol. The third kappa shape index (κ3) is 4.71. The van der Waals surface area contributed by atoms with Crippen LogP contribution in [0.2, 0.25) is 0 Å². The molecule has 0 radical (unpaired) electrons. The SMILES string of the molecule is CCCCCNC(=O)c1sccc1/C=C/C(=O)O. The molecule has 0 aliphatic rings. The molecule has 0 saturated carbocycles. The number of carboxylic acid groups (broad SMARTS) is 1. The van der Waals surface area contributed by atoms with E-state index in [0.29, 0.717) is 17.0 Å². The zero-order valence-electron chi connectivity index (χ0n) is 10.3. The fraction of sp³-hybridized carbons (Fsp3) is 0.385. The van der Waals surface area contributed by atoms with Crippen LogP contribution in [0.1, 0.15) is 41.4 Å². The number of aliphatic carboxylic acids is 1. The highest BCUT2D eigenvalue weighted by Gasteiger charge is 2.10. The van der Waals surface area contributed by atoms with E-state index in [2.05, 4.69) is 12.2 Å². The normalized spacial score (nSPS) is 10.7. The van der Waals surface area contributed by atoms with Crippen molar-refractivity contribution in [3.63, 3.8) is 0 Å². The second kappa shape index (κ2) is 7.66. The number of hydrogen-bond acceptors (Lipinski definition) is 3. The lowest BCUT2D eigenvalue weighted by Gasteiger charge is -2.03. The number of carboxylic acids is 1. The standard InChI is InChI=1S/C13H17NO3S/c1-2-3-4-8-14-13(17)12-10(7-9-18-12)5-6-11(15)16/h5-7,9H,2-4,8H2,1H3,(H,14,17)(H,15,16)/b6-5+. The number of thiophene rings is 1. The van der Waals surface area contributed by atoms with E-state index in [1.807, 2.05) is 0 Å². The number of amides is 1. The van der Waals surface area contributed by atoms with Gasteiger partial charge in [-0.05, 0) is 29.5 Å². The van der Waals surface area contributed by atoms with Crippen molar-refractivity contribution < 1.29 is 14.7 Å². The van der Waals surface area contributed by atoms with E-state index in [-0.39, 0.29) is 5.91 Å². The van der Waals surface area contributed by atoms with Crippen LogP contribution in [0, 0.1) is 0 Å². The summed E-state index contributed by atoms with van der Waals surface area (Å²) >= 11 is 1.32. The van der Waals surface area contributed by atoms with Crippen LogP contribution in [0.25, 0.3) is 6.08 Å². The molecule has 0 aliphatic heterocycles. The summed E-state index contributed by atoms with van der Waals surface area (Å²) in [5, 5.41) is 13.2. The maximum atomic E-state index is 11.9. The zero-order chi connectivity index (χ0) is 13.4. The summed E-state index contributed by atoms with van der Waals surface area (Å²) in [5.74, 6) is -1.15. The van der Waals surface area contributed by atoms with Crippen molar-refractivity contribution in [2.24, 2.45) is 0 Å². The van der Waals surface area contributed by atoms with Gasteiger partial charge in [-0.15, -0.1) is 11.3 Å². The average Bonchev–Trinajstić information content (AvgIpc) is 2.80. The van der Waals surface area contributed by atoms with Crippen LogP contribution in [-0.2, 0) is 4.79 Å². The van der Waals surface area contributed by atoms with Crippen molar-refractivity contribution in [2.75, 3.05) is 6.54 Å². The Labute approximate surface area is 110 Å². The molecule has 5 heteroatoms. The van der Waals surface area contributed by atoms with Crippen LogP contribution in [-0.4, -0.2) is 23.5 Å². The van der Waals surface area contributed by atoms with Gasteiger partial charge in [0.1, 0.15) is 0 Å². The van der Waals surface area contributed by atoms with Gasteiger partial charge in [-0.2, -0.15) is 0 Å². The summed E-state index contributed by atoms with van der Waals surface area (Å²) in [4.78, 5) is 22.8. The molecule has 0 aliphatic carbocycles. The first kappa shape index (κ1) is 14.4. The molecule has 1 amide bonds. The van der Waals surface area contributed by atoms with Gasteiger partial charge in [0.2, 0.25) is 0 Å². The number of hydrogen-bond donors (Lipinski definition) is 2. The van der Waals surface area contributed by atoms with Gasteiger partial charge in [-0.1, -0.05) is 19.8 Å². The predicted octanol–water partition coefficient (Wildman–Crippen LogP) is 2.77. The van der Waals surface area contributed by atoms with Gasteiger partial charge in [0, 0.05) is 12.6 Å². The van der Waals surface area contributed by atoms with E-state index in [4.69, 9.17) is 5.11 Å². The van der Waals surface area contributed by atoms with E-state index < -0.39 is 5.97 Å². The van der Waals surface area contributed by atoms with E-state index in [0.717, 1.165) is 25.3 Å². The second-order valence-corrected chi connectivity index (χ2v) is 4.76. The van der Waals surface area contributed by atoms with Gasteiger partial charge in [0.25, 0.3) is 5.91 Å². The van der Waals surface area contributed by atoms with Crippen LogP contribution in [0.4, 0.5) is 0 Å². The summed E-state index contributed by atoms with van der Waals surface area (Å²) in [5.41, 5.74) is 0.649. The summed E-state index contributed by atoms with van der Waals surface area (Å²) in [7, 11) is 0. The first-order valence-electron chi connectivity index (χ1n) is 5.92. The molecule has 0 aromatic carbocycles. The van der Waals surface area contributed by atoms with Crippen molar-refractivity contribution in [3.8, 4) is 0 Å². The van der Waals surface area contributed by atoms with Gasteiger partial charge >= 0.3 is 5.97 Å². The molecule has 0 unspecified atom stereocenters. The quantitative estimate of drug-likeness (QED) is 0.589. The molecule has 1 heterocycles. The Morgan fingerprint density at radius 2 is 2.22 bits per heavy atom. The largest absolute Gasteiger partial charge is 0.478 e. The smallest absolute Gasteiger partial charge is 0.328 e. The van der Waals surface area contributed by atoms with Crippen LogP contribution in [0.15, 0.2) is 17.5 Å². The zero-order valence-corrected chi connectivity index (χ0v) is 11.1. The monoisotopic (exact) mass is 267 g/mol. The van der Waals surface area contributed by atoms with Crippen molar-refractivity contribution in [3.05, 3.63) is 28.0 Å². The maximum Gasteiger partial charge on any atom is 0.328 e. The molecule has 4 nitrogen and oxygen atoms in total. The molecule has 0 atom stereocenters. The van der Waals surface area contributed by atoms with E-state index >= 15 is 0 Å². The summed E-state index contributed by atoms with van der Waals surface area (Å²) < 4.78 is 0. The Hall–Kier alpha value is -1.62. The predicted molar refractivity (Wildman–Crippen MR) is 72.8 cm³/mol. The Morgan fingerprint density at radius 3 is 2.89 bits per heavy atom. The molecule has 0 fully saturated rings. The number of carbonyl (C=O) groups excluding carboxylic acids is 1. The highest BCUT2D eigenvalue weighted by atomic mass is 32.1. The fourth-order valence-corrected chi connectivity index (χ4v) is 2.26. The molecule has 0 spiro atoms. The molecule has 0 bridgehead atoms. The second-order valence-electron chi connectivity index (χ2n) is 3.84. The highest BCUT2D eigenvalue weighted by Crippen LogP contribution is 2.18. The Morgan fingerprint density at radius 1 is 1.44 bits per heavy atom. The van der Waals surface area contributed by atoms with Gasteiger partial charge in [-0.3, -0.25) is 4.79 Å². The van der Waals surface area contributed by atoms with Gasteiger partial charge in [0.15, 0.2) is 0 Å². The van der Waals surface area contributed by atoms with Crippen molar-refractivity contribution >= 4 is 29.3 Å². The van der Waals surface area contributed by atoms with E-state index in [1.165, 1.54) is 17.4 Å². The lowest BCUT2D eigenvalue weighted by Crippen LogP contribution is -2.24. The molecular formula is C13H17NO3S. The fourth-order valence-electron chi connectivity index (χ4n) is 1.45. The Bertz CT molecular complexity index is 437. The van der Waals surface area contributed by atoms with Crippen molar-refractivity contribution in [2.45, 2.75) is 26.2 Å². The maximum absolute atomic E-state index is 11.9. The topological polar surface area (TPSA) is 66.4 Å². The molecule has 18 heavy (non-hydrogen) atoms. The Kier molecular flexibility index (Phi) is 6.14. The molecule has 1 aromatic heterocycles. The average molecular weight is 267 g/mol. The van der Waals surface area contributed by atoms with Crippen LogP contribution >= 0.6 is 11.3 Å². The number of carbonyl (C=O) groups is 2. The van der Waals surface area contributed by atoms with Crippen molar-refractivity contribution in [1.82, 2.24) is 5.32 Å². The first-order valence-corrected chi connectivity index (χ1v) is 6.79. The number of nitrogens with one attached hydrogen (secondary N) is 1. The van der Waals surface area contributed by atoms with Crippen LogP contribution in [0.5, 0.6) is 0 Å². The summed E-state index contributed by atoms with van der Waals surface area (Å²) in [6.45, 7) is 2.77. The minimum atomic E-state index is -1.02. The molecule has 1 aromatic rings. The minimum Gasteiger partial charge on any atom is -0.478 e. The lowest BCUT2D eigenvalue weighted by atomic mass is 10.2. The van der Waals surface area contributed by atoms with Gasteiger partial charge in [0.05, 0.1) is 4.88 Å². The molecule has 0 saturated heterocycles. The summed E-state index contributed by atoms with van der Waals surface area (Å²) in [6, 6.07) is 1.74. The van der Waals surface area contributed by atoms with Crippen molar-refractivity contribution in [1.29, 1.82) is 0 Å². The third-order valence-corrected chi connectivity index (χ3v) is 3.30. The molecule has 98 valence electrons. The third-order valence-electron chi connectivity index (χ3n) is 2.37. The van der Waals surface area contributed by atoms with Gasteiger partial charge in [-0.25, -0.2) is 4.79 Å². The van der Waals surface area contributed by atoms with Crippen LogP contribution in [0.3, 0.4) is 0 Å². The summed E-state index contributed by atoms with van der Waals surface area (Å²) in [6.07, 6.45) is 5.65. The Balaban J connectivity index is 2.57. The lowest BCUT2D eigenvalue weighted by molar-refractivity contribution is -0.131. The minimum absolute atomic E-state index is 0.133. The van der Waals surface area contributed by atoms with Gasteiger partial charge < -0.3 is 10.4 Å². The highest BCUT2D eigenvalue weighted by molar-refractivity contribution is 7.12. The van der Waals surface area contributed by atoms with E-state index in [9.17, 15) is 9.59 Å².